The molecule has 0 saturated heterocycles. The van der Waals surface area contributed by atoms with Gasteiger partial charge in [-0.1, -0.05) is 12.8 Å². The summed E-state index contributed by atoms with van der Waals surface area (Å²) in [6, 6.07) is 0. The van der Waals surface area contributed by atoms with E-state index in [1.54, 1.807) is 6.08 Å². The topological polar surface area (TPSA) is 43.4 Å². The van der Waals surface area contributed by atoms with E-state index >= 15 is 0 Å². The number of ketones is 1. The Morgan fingerprint density at radius 2 is 2.07 bits per heavy atom. The molecule has 0 spiro atoms. The average Bonchev–Trinajstić information content (AvgIpc) is 2.58. The fourth-order valence-corrected chi connectivity index (χ4v) is 2.32. The highest BCUT2D eigenvalue weighted by Crippen LogP contribution is 2.27. The molecule has 0 aromatic heterocycles. The van der Waals surface area contributed by atoms with Crippen molar-refractivity contribution in [2.45, 2.75) is 44.6 Å². The zero-order valence-electron chi connectivity index (χ0n) is 8.78. The van der Waals surface area contributed by atoms with Crippen LogP contribution in [0.2, 0.25) is 0 Å². The zero-order chi connectivity index (χ0) is 10.7. The maximum Gasteiger partial charge on any atom is 0.331 e. The van der Waals surface area contributed by atoms with Crippen LogP contribution in [-0.4, -0.2) is 17.9 Å². The van der Waals surface area contributed by atoms with Crippen molar-refractivity contribution in [1.82, 2.24) is 0 Å². The molecule has 0 aromatic rings. The van der Waals surface area contributed by atoms with Crippen LogP contribution in [-0.2, 0) is 14.3 Å². The van der Waals surface area contributed by atoms with Gasteiger partial charge in [0.25, 0.3) is 0 Å². The fraction of sp³-hybridized carbons (Fsp3) is 0.667. The second kappa shape index (κ2) is 4.60. The molecule has 1 aliphatic carbocycles. The predicted molar refractivity (Wildman–Crippen MR) is 55.2 cm³/mol. The summed E-state index contributed by atoms with van der Waals surface area (Å²) in [6.45, 7) is 0. The number of carbonyl (C=O) groups excluding carboxylic acids is 2. The van der Waals surface area contributed by atoms with Gasteiger partial charge in [0.1, 0.15) is 11.9 Å². The second-order valence-corrected chi connectivity index (χ2v) is 4.36. The van der Waals surface area contributed by atoms with Crippen LogP contribution >= 0.6 is 0 Å². The van der Waals surface area contributed by atoms with Gasteiger partial charge in [-0.05, 0) is 18.9 Å². The zero-order valence-corrected chi connectivity index (χ0v) is 8.78. The Hall–Kier alpha value is -1.12. The second-order valence-electron chi connectivity index (χ2n) is 4.36. The van der Waals surface area contributed by atoms with Gasteiger partial charge in [-0.15, -0.1) is 0 Å². The highest BCUT2D eigenvalue weighted by molar-refractivity contribution is 5.84. The minimum Gasteiger partial charge on any atom is -0.455 e. The first kappa shape index (κ1) is 10.4. The fourth-order valence-electron chi connectivity index (χ4n) is 2.32. The van der Waals surface area contributed by atoms with Crippen LogP contribution in [0.15, 0.2) is 12.2 Å². The molecule has 0 radical (unpaired) electrons. The highest BCUT2D eigenvalue weighted by Gasteiger charge is 2.28. The third kappa shape index (κ3) is 2.67. The number of hydrogen-bond acceptors (Lipinski definition) is 3. The summed E-state index contributed by atoms with van der Waals surface area (Å²) >= 11 is 0. The van der Waals surface area contributed by atoms with Gasteiger partial charge in [0, 0.05) is 24.8 Å². The first-order valence-electron chi connectivity index (χ1n) is 5.66. The molecule has 1 aliphatic heterocycles. The number of hydrogen-bond donors (Lipinski definition) is 0. The molecule has 1 heterocycles. The SMILES string of the molecule is O=C1CCCCC[C@@H]([C@@H]2C=CC(=O)O2)C1. The number of ether oxygens (including phenoxy) is 1. The summed E-state index contributed by atoms with van der Waals surface area (Å²) in [5.41, 5.74) is 0. The highest BCUT2D eigenvalue weighted by atomic mass is 16.5. The number of cyclic esters (lactones) is 1. The number of carbonyl (C=O) groups is 2. The Balaban J connectivity index is 1.96. The summed E-state index contributed by atoms with van der Waals surface area (Å²) in [6.07, 6.45) is 8.64. The van der Waals surface area contributed by atoms with Crippen molar-refractivity contribution in [3.8, 4) is 0 Å². The van der Waals surface area contributed by atoms with Crippen molar-refractivity contribution in [3.05, 3.63) is 12.2 Å². The summed E-state index contributed by atoms with van der Waals surface area (Å²) in [5, 5.41) is 0. The van der Waals surface area contributed by atoms with Gasteiger partial charge in [0.2, 0.25) is 0 Å². The largest absolute Gasteiger partial charge is 0.455 e. The van der Waals surface area contributed by atoms with Crippen molar-refractivity contribution >= 4 is 11.8 Å². The van der Waals surface area contributed by atoms with E-state index < -0.39 is 0 Å². The molecule has 2 atom stereocenters. The minimum atomic E-state index is -0.269. The first-order valence-corrected chi connectivity index (χ1v) is 5.66. The molecular formula is C12H16O3. The van der Waals surface area contributed by atoms with Crippen LogP contribution in [0.4, 0.5) is 0 Å². The van der Waals surface area contributed by atoms with Crippen LogP contribution in [0.1, 0.15) is 38.5 Å². The Morgan fingerprint density at radius 1 is 1.20 bits per heavy atom. The molecular weight excluding hydrogens is 192 g/mol. The van der Waals surface area contributed by atoms with Crippen LogP contribution in [0.5, 0.6) is 0 Å². The number of Topliss-reactive ketones (excluding diaryl/α,β-unsaturated/α-hetero) is 1. The lowest BCUT2D eigenvalue weighted by atomic mass is 9.87. The summed E-state index contributed by atoms with van der Waals surface area (Å²) in [4.78, 5) is 22.5. The quantitative estimate of drug-likeness (QED) is 0.619. The van der Waals surface area contributed by atoms with Crippen LogP contribution in [0.3, 0.4) is 0 Å². The molecule has 0 bridgehead atoms. The van der Waals surface area contributed by atoms with Gasteiger partial charge in [-0.2, -0.15) is 0 Å². The van der Waals surface area contributed by atoms with Gasteiger partial charge in [0.15, 0.2) is 0 Å². The lowest BCUT2D eigenvalue weighted by Crippen LogP contribution is -2.24. The smallest absolute Gasteiger partial charge is 0.331 e. The van der Waals surface area contributed by atoms with Crippen molar-refractivity contribution in [3.63, 3.8) is 0 Å². The third-order valence-corrected chi connectivity index (χ3v) is 3.16. The van der Waals surface area contributed by atoms with Crippen molar-refractivity contribution in [2.75, 3.05) is 0 Å². The molecule has 0 aromatic carbocycles. The molecule has 3 heteroatoms. The van der Waals surface area contributed by atoms with Gasteiger partial charge in [0.05, 0.1) is 0 Å². The molecule has 2 aliphatic rings. The molecule has 2 rings (SSSR count). The Bertz CT molecular complexity index is 293. The van der Waals surface area contributed by atoms with Crippen LogP contribution in [0.25, 0.3) is 0 Å². The van der Waals surface area contributed by atoms with Gasteiger partial charge in [-0.3, -0.25) is 4.79 Å². The van der Waals surface area contributed by atoms with Crippen LogP contribution in [0, 0.1) is 5.92 Å². The van der Waals surface area contributed by atoms with E-state index in [9.17, 15) is 9.59 Å². The summed E-state index contributed by atoms with van der Waals surface area (Å²) in [7, 11) is 0. The van der Waals surface area contributed by atoms with E-state index in [2.05, 4.69) is 0 Å². The molecule has 0 unspecified atom stereocenters. The number of esters is 1. The summed E-state index contributed by atoms with van der Waals surface area (Å²) < 4.78 is 5.14. The number of rotatable bonds is 1. The molecule has 1 saturated carbocycles. The van der Waals surface area contributed by atoms with E-state index in [-0.39, 0.29) is 18.0 Å². The van der Waals surface area contributed by atoms with Gasteiger partial charge < -0.3 is 4.74 Å². The molecule has 15 heavy (non-hydrogen) atoms. The monoisotopic (exact) mass is 208 g/mol. The Morgan fingerprint density at radius 3 is 2.80 bits per heavy atom. The molecule has 0 N–H and O–H groups in total. The molecule has 1 fully saturated rings. The Labute approximate surface area is 89.5 Å². The van der Waals surface area contributed by atoms with E-state index in [4.69, 9.17) is 4.74 Å². The van der Waals surface area contributed by atoms with Gasteiger partial charge in [-0.25, -0.2) is 4.79 Å². The minimum absolute atomic E-state index is 0.153. The van der Waals surface area contributed by atoms with E-state index in [0.717, 1.165) is 25.7 Å². The van der Waals surface area contributed by atoms with E-state index in [1.807, 2.05) is 0 Å². The normalized spacial score (nSPS) is 32.3. The lowest BCUT2D eigenvalue weighted by Gasteiger charge is -2.22. The maximum atomic E-state index is 11.5. The van der Waals surface area contributed by atoms with Gasteiger partial charge >= 0.3 is 5.97 Å². The van der Waals surface area contributed by atoms with E-state index in [0.29, 0.717) is 18.6 Å². The van der Waals surface area contributed by atoms with Crippen LogP contribution < -0.4 is 0 Å². The molecule has 0 amide bonds. The third-order valence-electron chi connectivity index (χ3n) is 3.16. The van der Waals surface area contributed by atoms with Crippen molar-refractivity contribution in [2.24, 2.45) is 5.92 Å². The van der Waals surface area contributed by atoms with Crippen molar-refractivity contribution in [1.29, 1.82) is 0 Å². The van der Waals surface area contributed by atoms with E-state index in [1.165, 1.54) is 6.08 Å². The molecule has 82 valence electrons. The average molecular weight is 208 g/mol. The first-order chi connectivity index (χ1) is 7.25. The predicted octanol–water partition coefficient (Wildman–Crippen LogP) is 2.01. The summed E-state index contributed by atoms with van der Waals surface area (Å²) in [5.74, 6) is 0.256. The standard InChI is InChI=1S/C12H16O3/c13-10-5-3-1-2-4-9(8-10)11-6-7-12(14)15-11/h6-7,9,11H,1-5,8H2/t9-,11+/m1/s1. The molecule has 3 nitrogen and oxygen atoms in total. The maximum absolute atomic E-state index is 11.5. The Kier molecular flexibility index (Phi) is 3.19. The lowest BCUT2D eigenvalue weighted by molar-refractivity contribution is -0.141. The van der Waals surface area contributed by atoms with Crippen molar-refractivity contribution < 1.29 is 14.3 Å².